The monoisotopic (exact) mass is 219 g/mol. The zero-order valence-electron chi connectivity index (χ0n) is 8.14. The molecule has 0 radical (unpaired) electrons. The molecule has 0 aromatic carbocycles. The van der Waals surface area contributed by atoms with Gasteiger partial charge < -0.3 is 4.55 Å². The summed E-state index contributed by atoms with van der Waals surface area (Å²) in [5.74, 6) is -0.274. The molecule has 0 aliphatic carbocycles. The maximum atomic E-state index is 10.3. The van der Waals surface area contributed by atoms with Gasteiger partial charge in [0.05, 0.1) is 16.7 Å². The lowest BCUT2D eigenvalue weighted by Crippen LogP contribution is -3.06. The Bertz CT molecular complexity index is 346. The molecular formula is C8H15N2O3S+. The van der Waals surface area contributed by atoms with Gasteiger partial charge in [-0.15, -0.1) is 0 Å². The van der Waals surface area contributed by atoms with Crippen LogP contribution < -0.4 is 4.90 Å². The first-order chi connectivity index (χ1) is 6.51. The second-order valence-electron chi connectivity index (χ2n) is 3.22. The molecule has 1 unspecified atom stereocenters. The molecule has 0 aromatic rings. The highest BCUT2D eigenvalue weighted by Crippen LogP contribution is 1.85. The zero-order valence-corrected chi connectivity index (χ0v) is 8.96. The second-order valence-corrected chi connectivity index (χ2v) is 4.74. The van der Waals surface area contributed by atoms with Gasteiger partial charge in [0, 0.05) is 12.2 Å². The first kappa shape index (κ1) is 11.4. The molecule has 0 fully saturated rings. The van der Waals surface area contributed by atoms with Crippen LogP contribution in [0.5, 0.6) is 0 Å². The first-order valence-electron chi connectivity index (χ1n) is 4.59. The highest BCUT2D eigenvalue weighted by molar-refractivity contribution is 7.85. The van der Waals surface area contributed by atoms with Crippen LogP contribution in [0.15, 0.2) is 12.4 Å². The van der Waals surface area contributed by atoms with Crippen LogP contribution in [-0.2, 0) is 10.1 Å². The van der Waals surface area contributed by atoms with Gasteiger partial charge in [0.1, 0.15) is 0 Å². The fraction of sp³-hybridized carbons (Fsp3) is 0.625. The van der Waals surface area contributed by atoms with Crippen molar-refractivity contribution in [2.75, 3.05) is 18.8 Å². The highest BCUT2D eigenvalue weighted by atomic mass is 32.2. The van der Waals surface area contributed by atoms with Gasteiger partial charge in [-0.25, -0.2) is 13.3 Å². The quantitative estimate of drug-likeness (QED) is 0.445. The van der Waals surface area contributed by atoms with Crippen molar-refractivity contribution in [3.63, 3.8) is 0 Å². The van der Waals surface area contributed by atoms with E-state index in [0.29, 0.717) is 13.0 Å². The molecular weight excluding hydrogens is 204 g/mol. The van der Waals surface area contributed by atoms with Crippen LogP contribution in [0.3, 0.4) is 0 Å². The van der Waals surface area contributed by atoms with E-state index < -0.39 is 10.1 Å². The Morgan fingerprint density at radius 3 is 2.71 bits per heavy atom. The Kier molecular flexibility index (Phi) is 3.79. The van der Waals surface area contributed by atoms with Gasteiger partial charge >= 0.3 is 6.34 Å². The Morgan fingerprint density at radius 2 is 2.21 bits per heavy atom. The molecule has 14 heavy (non-hydrogen) atoms. The Morgan fingerprint density at radius 1 is 1.50 bits per heavy atom. The first-order valence-corrected chi connectivity index (χ1v) is 6.17. The van der Waals surface area contributed by atoms with E-state index in [2.05, 4.69) is 0 Å². The van der Waals surface area contributed by atoms with Crippen LogP contribution in [0.4, 0.5) is 0 Å². The molecule has 0 spiro atoms. The summed E-state index contributed by atoms with van der Waals surface area (Å²) in [5.41, 5.74) is 0. The topological polar surface area (TPSA) is 64.7 Å². The van der Waals surface area contributed by atoms with E-state index in [1.165, 1.54) is 0 Å². The third-order valence-corrected chi connectivity index (χ3v) is 2.83. The molecule has 1 rings (SSSR count). The Hall–Kier alpha value is -0.720. The molecule has 0 saturated heterocycles. The van der Waals surface area contributed by atoms with Gasteiger partial charge in [-0.1, -0.05) is 0 Å². The van der Waals surface area contributed by atoms with Gasteiger partial charge in [0.15, 0.2) is 12.7 Å². The van der Waals surface area contributed by atoms with Crippen LogP contribution in [-0.4, -0.2) is 42.7 Å². The summed E-state index contributed by atoms with van der Waals surface area (Å²) in [6, 6.07) is 0. The molecule has 0 aromatic heterocycles. The molecule has 0 amide bonds. The average molecular weight is 219 g/mol. The lowest BCUT2D eigenvalue weighted by Gasteiger charge is -2.06. The van der Waals surface area contributed by atoms with Gasteiger partial charge in [-0.2, -0.15) is 4.58 Å². The fourth-order valence-electron chi connectivity index (χ4n) is 1.29. The Labute approximate surface area is 84.1 Å². The van der Waals surface area contributed by atoms with E-state index in [4.69, 9.17) is 0 Å². The number of quaternary nitrogens is 1. The van der Waals surface area contributed by atoms with Crippen molar-refractivity contribution in [3.8, 4) is 0 Å². The van der Waals surface area contributed by atoms with Crippen LogP contribution in [0.2, 0.25) is 0 Å². The smallest absolute Gasteiger partial charge is 0.335 e. The third kappa shape index (κ3) is 3.99. The zero-order chi connectivity index (χ0) is 10.6. The standard InChI is InChI=1S/C8H14N2O3S/c1-2-9-5-6-10(8-9)4-3-7-14(11,12)13/h5-6,8H,2-4,7H2,1H3/p+1. The second kappa shape index (κ2) is 4.68. The Balaban J connectivity index is 2.28. The largest absolute Gasteiger partial charge is 0.748 e. The molecule has 6 heteroatoms. The summed E-state index contributed by atoms with van der Waals surface area (Å²) in [7, 11) is -4.05. The van der Waals surface area contributed by atoms with Crippen LogP contribution in [0, 0.1) is 0 Å². The fourth-order valence-corrected chi connectivity index (χ4v) is 1.79. The van der Waals surface area contributed by atoms with E-state index >= 15 is 0 Å². The molecule has 1 atom stereocenters. The molecule has 0 saturated carbocycles. The molecule has 1 N–H and O–H groups in total. The van der Waals surface area contributed by atoms with Crippen molar-refractivity contribution in [3.05, 3.63) is 12.4 Å². The molecule has 1 heterocycles. The summed E-state index contributed by atoms with van der Waals surface area (Å²) < 4.78 is 33.0. The predicted molar refractivity (Wildman–Crippen MR) is 51.0 cm³/mol. The van der Waals surface area contributed by atoms with Gasteiger partial charge in [-0.05, 0) is 6.92 Å². The van der Waals surface area contributed by atoms with Crippen molar-refractivity contribution < 1.29 is 22.4 Å². The average Bonchev–Trinajstić information content (AvgIpc) is 2.50. The van der Waals surface area contributed by atoms with Gasteiger partial charge in [0.2, 0.25) is 6.20 Å². The van der Waals surface area contributed by atoms with Crippen LogP contribution in [0.25, 0.3) is 0 Å². The van der Waals surface area contributed by atoms with Gasteiger partial charge in [0.25, 0.3) is 0 Å². The van der Waals surface area contributed by atoms with Crippen molar-refractivity contribution in [2.24, 2.45) is 0 Å². The molecule has 1 aliphatic heterocycles. The maximum Gasteiger partial charge on any atom is 0.335 e. The van der Waals surface area contributed by atoms with E-state index in [1.54, 1.807) is 0 Å². The molecule has 1 aliphatic rings. The summed E-state index contributed by atoms with van der Waals surface area (Å²) in [4.78, 5) is 1.08. The van der Waals surface area contributed by atoms with Crippen molar-refractivity contribution in [2.45, 2.75) is 13.3 Å². The number of nitrogens with zero attached hydrogens (tertiary/aromatic N) is 1. The van der Waals surface area contributed by atoms with Crippen LogP contribution >= 0.6 is 0 Å². The van der Waals surface area contributed by atoms with E-state index in [-0.39, 0.29) is 5.75 Å². The van der Waals surface area contributed by atoms with Crippen molar-refractivity contribution in [1.29, 1.82) is 0 Å². The number of hydrogen-bond donors (Lipinski definition) is 1. The summed E-state index contributed by atoms with van der Waals surface area (Å²) >= 11 is 0. The number of rotatable bonds is 5. The summed E-state index contributed by atoms with van der Waals surface area (Å²) in [6.07, 6.45) is 6.26. The lowest BCUT2D eigenvalue weighted by atomic mass is 10.4. The molecule has 0 bridgehead atoms. The number of nitrogens with one attached hydrogen (secondary N) is 1. The minimum Gasteiger partial charge on any atom is -0.748 e. The van der Waals surface area contributed by atoms with E-state index in [0.717, 1.165) is 11.4 Å². The summed E-state index contributed by atoms with van der Waals surface area (Å²) in [5, 5.41) is 0. The predicted octanol–water partition coefficient (Wildman–Crippen LogP) is -1.65. The molecule has 80 valence electrons. The van der Waals surface area contributed by atoms with E-state index in [9.17, 15) is 13.0 Å². The normalized spacial score (nSPS) is 21.3. The highest BCUT2D eigenvalue weighted by Gasteiger charge is 2.15. The lowest BCUT2D eigenvalue weighted by molar-refractivity contribution is -0.749. The van der Waals surface area contributed by atoms with E-state index in [1.807, 2.05) is 30.2 Å². The maximum absolute atomic E-state index is 10.3. The minimum atomic E-state index is -4.05. The van der Waals surface area contributed by atoms with Crippen molar-refractivity contribution >= 4 is 16.5 Å². The number of hydrogen-bond acceptors (Lipinski definition) is 3. The van der Waals surface area contributed by atoms with Gasteiger partial charge in [-0.3, -0.25) is 0 Å². The SMILES string of the molecule is CC[N+]1=C[NH+](CCCS(=O)(=O)[O-])C=C1. The third-order valence-electron chi connectivity index (χ3n) is 2.04. The van der Waals surface area contributed by atoms with Crippen molar-refractivity contribution in [1.82, 2.24) is 0 Å². The molecule has 5 nitrogen and oxygen atoms in total. The summed E-state index contributed by atoms with van der Waals surface area (Å²) in [6.45, 7) is 3.58. The minimum absolute atomic E-state index is 0.274. The van der Waals surface area contributed by atoms with Crippen LogP contribution in [0.1, 0.15) is 13.3 Å².